The lowest BCUT2D eigenvalue weighted by Gasteiger charge is -2.18. The van der Waals surface area contributed by atoms with Crippen molar-refractivity contribution < 1.29 is 28.6 Å². The Hall–Kier alpha value is -3.41. The third-order valence-electron chi connectivity index (χ3n) is 13.1. The van der Waals surface area contributed by atoms with Gasteiger partial charge in [0.15, 0.2) is 6.10 Å². The number of rotatable bonds is 55. The van der Waals surface area contributed by atoms with Crippen LogP contribution >= 0.6 is 0 Å². The molecule has 0 amide bonds. The number of carbonyl (C=O) groups excluding carboxylic acids is 3. The Balaban J connectivity index is 4.45. The molecular formula is C66H114O6. The minimum absolute atomic E-state index is 0.0915. The number of hydrogen-bond acceptors (Lipinski definition) is 6. The molecule has 6 nitrogen and oxygen atoms in total. The molecule has 414 valence electrons. The van der Waals surface area contributed by atoms with Crippen LogP contribution in [0, 0.1) is 0 Å². The molecule has 1 unspecified atom stereocenters. The number of carbonyl (C=O) groups is 3. The molecule has 6 heteroatoms. The molecule has 72 heavy (non-hydrogen) atoms. The number of ether oxygens (including phenoxy) is 3. The number of hydrogen-bond donors (Lipinski definition) is 0. The van der Waals surface area contributed by atoms with Crippen LogP contribution in [0.15, 0.2) is 85.1 Å². The molecule has 0 rings (SSSR count). The van der Waals surface area contributed by atoms with Crippen molar-refractivity contribution in [3.63, 3.8) is 0 Å². The largest absolute Gasteiger partial charge is 0.462 e. The van der Waals surface area contributed by atoms with E-state index in [-0.39, 0.29) is 31.1 Å². The monoisotopic (exact) mass is 1000 g/mol. The van der Waals surface area contributed by atoms with Gasteiger partial charge in [-0.25, -0.2) is 0 Å². The summed E-state index contributed by atoms with van der Waals surface area (Å²) >= 11 is 0. The van der Waals surface area contributed by atoms with Gasteiger partial charge in [-0.2, -0.15) is 0 Å². The SMILES string of the molecule is CC/C=C\C/C=C\C/C=C\C/C=C\C/C=C\CCCCCC(=O)OCC(COC(=O)CCCCCCC/C=C\CCCCCCCCC)OC(=O)CCCCCCCCCCC/C=C\CCCCCCCC. The van der Waals surface area contributed by atoms with E-state index in [1.165, 1.54) is 154 Å². The lowest BCUT2D eigenvalue weighted by Crippen LogP contribution is -2.30. The summed E-state index contributed by atoms with van der Waals surface area (Å²) in [6.07, 6.45) is 78.6. The van der Waals surface area contributed by atoms with Crippen LogP contribution in [0.4, 0.5) is 0 Å². The van der Waals surface area contributed by atoms with Gasteiger partial charge in [0.25, 0.3) is 0 Å². The average Bonchev–Trinajstić information content (AvgIpc) is 3.38. The first kappa shape index (κ1) is 68.6. The van der Waals surface area contributed by atoms with E-state index in [1.807, 2.05) is 0 Å². The predicted molar refractivity (Wildman–Crippen MR) is 311 cm³/mol. The molecule has 0 aliphatic carbocycles. The van der Waals surface area contributed by atoms with Crippen molar-refractivity contribution in [1.82, 2.24) is 0 Å². The first-order valence-corrected chi connectivity index (χ1v) is 30.6. The number of esters is 3. The van der Waals surface area contributed by atoms with Gasteiger partial charge in [-0.05, 0) is 116 Å². The maximum Gasteiger partial charge on any atom is 0.306 e. The third-order valence-corrected chi connectivity index (χ3v) is 13.1. The van der Waals surface area contributed by atoms with Gasteiger partial charge in [0.05, 0.1) is 0 Å². The van der Waals surface area contributed by atoms with Crippen LogP contribution in [0.25, 0.3) is 0 Å². The van der Waals surface area contributed by atoms with Crippen molar-refractivity contribution in [3.8, 4) is 0 Å². The van der Waals surface area contributed by atoms with Crippen molar-refractivity contribution in [3.05, 3.63) is 85.1 Å². The fourth-order valence-electron chi connectivity index (χ4n) is 8.52. The smallest absolute Gasteiger partial charge is 0.306 e. The topological polar surface area (TPSA) is 78.9 Å². The second-order valence-electron chi connectivity index (χ2n) is 20.2. The number of allylic oxidation sites excluding steroid dienone is 14. The van der Waals surface area contributed by atoms with Gasteiger partial charge in [0.2, 0.25) is 0 Å². The maximum absolute atomic E-state index is 12.9. The summed E-state index contributed by atoms with van der Waals surface area (Å²) in [5.41, 5.74) is 0. The van der Waals surface area contributed by atoms with Crippen LogP contribution in [0.1, 0.15) is 297 Å². The highest BCUT2D eigenvalue weighted by Crippen LogP contribution is 2.15. The highest BCUT2D eigenvalue weighted by molar-refractivity contribution is 5.71. The van der Waals surface area contributed by atoms with Crippen molar-refractivity contribution in [2.45, 2.75) is 303 Å². The van der Waals surface area contributed by atoms with E-state index in [4.69, 9.17) is 14.2 Å². The van der Waals surface area contributed by atoms with Crippen molar-refractivity contribution >= 4 is 17.9 Å². The van der Waals surface area contributed by atoms with Crippen LogP contribution < -0.4 is 0 Å². The second-order valence-corrected chi connectivity index (χ2v) is 20.2. The van der Waals surface area contributed by atoms with E-state index in [0.717, 1.165) is 103 Å². The summed E-state index contributed by atoms with van der Waals surface area (Å²) in [5.74, 6) is -0.925. The Kier molecular flexibility index (Phi) is 57.3. The Morgan fingerprint density at radius 3 is 0.875 bits per heavy atom. The lowest BCUT2D eigenvalue weighted by molar-refractivity contribution is -0.167. The molecule has 0 aliphatic rings. The highest BCUT2D eigenvalue weighted by Gasteiger charge is 2.19. The second kappa shape index (κ2) is 60.1. The summed E-state index contributed by atoms with van der Waals surface area (Å²) in [5, 5.41) is 0. The molecule has 0 aromatic heterocycles. The summed E-state index contributed by atoms with van der Waals surface area (Å²) in [7, 11) is 0. The fourth-order valence-corrected chi connectivity index (χ4v) is 8.52. The fraction of sp³-hybridized carbons (Fsp3) is 0.742. The Labute approximate surface area is 445 Å². The van der Waals surface area contributed by atoms with Gasteiger partial charge in [0, 0.05) is 19.3 Å². The van der Waals surface area contributed by atoms with Gasteiger partial charge in [-0.1, -0.05) is 247 Å². The van der Waals surface area contributed by atoms with Gasteiger partial charge in [0.1, 0.15) is 13.2 Å². The molecule has 0 saturated heterocycles. The minimum Gasteiger partial charge on any atom is -0.462 e. The molecule has 0 spiro atoms. The van der Waals surface area contributed by atoms with E-state index in [2.05, 4.69) is 106 Å². The van der Waals surface area contributed by atoms with E-state index < -0.39 is 6.10 Å². The van der Waals surface area contributed by atoms with E-state index in [0.29, 0.717) is 19.3 Å². The van der Waals surface area contributed by atoms with E-state index in [9.17, 15) is 14.4 Å². The van der Waals surface area contributed by atoms with Crippen molar-refractivity contribution in [1.29, 1.82) is 0 Å². The van der Waals surface area contributed by atoms with Crippen molar-refractivity contribution in [2.24, 2.45) is 0 Å². The maximum atomic E-state index is 12.9. The molecule has 0 saturated carbocycles. The third kappa shape index (κ3) is 57.5. The Morgan fingerprint density at radius 2 is 0.542 bits per heavy atom. The molecule has 0 aliphatic heterocycles. The zero-order valence-electron chi connectivity index (χ0n) is 47.4. The molecule has 0 bridgehead atoms. The van der Waals surface area contributed by atoms with Crippen LogP contribution in [0.3, 0.4) is 0 Å². The molecule has 0 N–H and O–H groups in total. The minimum atomic E-state index is -0.796. The summed E-state index contributed by atoms with van der Waals surface area (Å²) in [6.45, 7) is 6.51. The molecule has 0 aromatic rings. The predicted octanol–water partition coefficient (Wildman–Crippen LogP) is 20.7. The summed E-state index contributed by atoms with van der Waals surface area (Å²) < 4.78 is 16.9. The van der Waals surface area contributed by atoms with Crippen LogP contribution in [-0.4, -0.2) is 37.2 Å². The van der Waals surface area contributed by atoms with Gasteiger partial charge < -0.3 is 14.2 Å². The molecule has 0 heterocycles. The quantitative estimate of drug-likeness (QED) is 0.0261. The van der Waals surface area contributed by atoms with E-state index in [1.54, 1.807) is 0 Å². The van der Waals surface area contributed by atoms with Crippen LogP contribution in [-0.2, 0) is 28.6 Å². The van der Waals surface area contributed by atoms with E-state index >= 15 is 0 Å². The van der Waals surface area contributed by atoms with Crippen LogP contribution in [0.2, 0.25) is 0 Å². The zero-order chi connectivity index (χ0) is 52.2. The standard InChI is InChI=1S/C66H114O6/c1-4-7-10-13-16-19-22-25-28-31-33-35-38-41-44-47-50-53-56-59-65(68)71-62-63(61-70-64(67)58-55-52-49-46-43-40-37-30-27-24-21-18-15-12-9-6-3)72-66(69)60-57-54-51-48-45-42-39-36-34-32-29-26-23-20-17-14-11-8-5-2/h7,10,16,19,25-26,28-30,33,35,37,41,44,63H,4-6,8-9,11-15,17-18,20-24,27,31-32,34,36,38-40,42-43,45-62H2,1-3H3/b10-7-,19-16-,28-25-,29-26-,35-33-,37-30-,44-41-. The molecule has 0 aromatic carbocycles. The molecular weight excluding hydrogens is 889 g/mol. The van der Waals surface area contributed by atoms with Gasteiger partial charge in [-0.3, -0.25) is 14.4 Å². The average molecular weight is 1000 g/mol. The first-order valence-electron chi connectivity index (χ1n) is 30.6. The Bertz CT molecular complexity index is 1380. The van der Waals surface area contributed by atoms with Gasteiger partial charge in [-0.15, -0.1) is 0 Å². The molecule has 1 atom stereocenters. The normalized spacial score (nSPS) is 12.7. The van der Waals surface area contributed by atoms with Gasteiger partial charge >= 0.3 is 17.9 Å². The highest BCUT2D eigenvalue weighted by atomic mass is 16.6. The Morgan fingerprint density at radius 1 is 0.292 bits per heavy atom. The number of unbranched alkanes of at least 4 members (excludes halogenated alkanes) is 30. The molecule has 0 fully saturated rings. The van der Waals surface area contributed by atoms with Crippen LogP contribution in [0.5, 0.6) is 0 Å². The lowest BCUT2D eigenvalue weighted by atomic mass is 10.1. The van der Waals surface area contributed by atoms with Crippen molar-refractivity contribution in [2.75, 3.05) is 13.2 Å². The molecule has 0 radical (unpaired) electrons. The summed E-state index contributed by atoms with van der Waals surface area (Å²) in [6, 6.07) is 0. The summed E-state index contributed by atoms with van der Waals surface area (Å²) in [4.78, 5) is 38.3. The first-order chi connectivity index (χ1) is 35.5. The zero-order valence-corrected chi connectivity index (χ0v) is 47.4.